The van der Waals surface area contributed by atoms with Gasteiger partial charge < -0.3 is 19.8 Å². The Bertz CT molecular complexity index is 713. The molecule has 0 bridgehead atoms. The number of carbonyl (C=O) groups excluding carboxylic acids is 1. The maximum Gasteiger partial charge on any atom is 0.257 e. The number of halogens is 2. The molecular formula is C16H19ClFN3O3. The van der Waals surface area contributed by atoms with Crippen LogP contribution in [0.4, 0.5) is 4.39 Å². The SMILES string of the molecule is Cc1onc(-c2c(F)cccc2Cl)c1C(=O)NCC(O)CN(C)C. The van der Waals surface area contributed by atoms with Crippen LogP contribution in [0.1, 0.15) is 16.1 Å². The Morgan fingerprint density at radius 3 is 2.83 bits per heavy atom. The van der Waals surface area contributed by atoms with Gasteiger partial charge in [-0.25, -0.2) is 4.39 Å². The number of likely N-dealkylation sites (N-methyl/N-ethyl adjacent to an activating group) is 1. The molecule has 24 heavy (non-hydrogen) atoms. The molecule has 2 N–H and O–H groups in total. The average Bonchev–Trinajstić information content (AvgIpc) is 2.85. The highest BCUT2D eigenvalue weighted by molar-refractivity contribution is 6.33. The molecule has 1 aromatic heterocycles. The first-order chi connectivity index (χ1) is 11.3. The van der Waals surface area contributed by atoms with Gasteiger partial charge in [-0.2, -0.15) is 0 Å². The number of amides is 1. The summed E-state index contributed by atoms with van der Waals surface area (Å²) in [4.78, 5) is 14.2. The Labute approximate surface area is 144 Å². The van der Waals surface area contributed by atoms with Crippen LogP contribution in [0.5, 0.6) is 0 Å². The number of nitrogens with zero attached hydrogens (tertiary/aromatic N) is 2. The number of nitrogens with one attached hydrogen (secondary N) is 1. The number of rotatable bonds is 6. The van der Waals surface area contributed by atoms with Crippen molar-refractivity contribution in [3.05, 3.63) is 40.4 Å². The van der Waals surface area contributed by atoms with Crippen LogP contribution in [0.3, 0.4) is 0 Å². The third-order valence-corrected chi connectivity index (χ3v) is 3.68. The normalized spacial score (nSPS) is 12.5. The zero-order chi connectivity index (χ0) is 17.9. The van der Waals surface area contributed by atoms with Crippen LogP contribution < -0.4 is 5.32 Å². The number of hydrogen-bond acceptors (Lipinski definition) is 5. The fraction of sp³-hybridized carbons (Fsp3) is 0.375. The summed E-state index contributed by atoms with van der Waals surface area (Å²) < 4.78 is 19.1. The Balaban J connectivity index is 2.26. The first-order valence-electron chi connectivity index (χ1n) is 7.33. The first kappa shape index (κ1) is 18.4. The second-order valence-electron chi connectivity index (χ2n) is 5.69. The van der Waals surface area contributed by atoms with E-state index in [9.17, 15) is 14.3 Å². The van der Waals surface area contributed by atoms with Gasteiger partial charge in [-0.1, -0.05) is 22.8 Å². The van der Waals surface area contributed by atoms with Crippen molar-refractivity contribution in [2.24, 2.45) is 0 Å². The van der Waals surface area contributed by atoms with E-state index in [1.807, 2.05) is 14.1 Å². The molecule has 0 saturated heterocycles. The second kappa shape index (κ2) is 7.74. The molecule has 0 aliphatic heterocycles. The summed E-state index contributed by atoms with van der Waals surface area (Å²) in [6, 6.07) is 4.20. The third-order valence-electron chi connectivity index (χ3n) is 3.36. The topological polar surface area (TPSA) is 78.6 Å². The minimum absolute atomic E-state index is 0.00927. The van der Waals surface area contributed by atoms with E-state index in [4.69, 9.17) is 16.1 Å². The number of benzene rings is 1. The van der Waals surface area contributed by atoms with Gasteiger partial charge in [0.1, 0.15) is 22.8 Å². The van der Waals surface area contributed by atoms with Crippen molar-refractivity contribution in [3.63, 3.8) is 0 Å². The molecule has 1 amide bonds. The molecule has 2 rings (SSSR count). The number of hydrogen-bond donors (Lipinski definition) is 2. The lowest BCUT2D eigenvalue weighted by Gasteiger charge is -2.16. The lowest BCUT2D eigenvalue weighted by atomic mass is 10.0. The van der Waals surface area contributed by atoms with Gasteiger partial charge in [-0.3, -0.25) is 4.79 Å². The van der Waals surface area contributed by atoms with Gasteiger partial charge in [0, 0.05) is 13.1 Å². The van der Waals surface area contributed by atoms with Crippen molar-refractivity contribution >= 4 is 17.5 Å². The minimum atomic E-state index is -0.732. The van der Waals surface area contributed by atoms with Gasteiger partial charge in [0.2, 0.25) is 0 Å². The third kappa shape index (κ3) is 4.11. The first-order valence-corrected chi connectivity index (χ1v) is 7.70. The van der Waals surface area contributed by atoms with Gasteiger partial charge in [-0.05, 0) is 33.2 Å². The molecule has 130 valence electrons. The van der Waals surface area contributed by atoms with E-state index in [-0.39, 0.29) is 34.1 Å². The quantitative estimate of drug-likeness (QED) is 0.829. The number of aliphatic hydroxyl groups excluding tert-OH is 1. The predicted molar refractivity (Wildman–Crippen MR) is 88.5 cm³/mol. The predicted octanol–water partition coefficient (Wildman–Crippen LogP) is 2.09. The van der Waals surface area contributed by atoms with Crippen molar-refractivity contribution in [1.29, 1.82) is 0 Å². The highest BCUT2D eigenvalue weighted by Gasteiger charge is 2.25. The smallest absolute Gasteiger partial charge is 0.257 e. The Morgan fingerprint density at radius 1 is 1.50 bits per heavy atom. The maximum absolute atomic E-state index is 14.1. The largest absolute Gasteiger partial charge is 0.390 e. The molecule has 0 radical (unpaired) electrons. The summed E-state index contributed by atoms with van der Waals surface area (Å²) in [7, 11) is 3.63. The molecule has 2 aromatic rings. The highest BCUT2D eigenvalue weighted by atomic mass is 35.5. The Hall–Kier alpha value is -1.96. The van der Waals surface area contributed by atoms with Crippen LogP contribution in [-0.4, -0.2) is 54.4 Å². The van der Waals surface area contributed by atoms with Crippen LogP contribution in [0.15, 0.2) is 22.7 Å². The summed E-state index contributed by atoms with van der Waals surface area (Å²) in [5, 5.41) is 16.3. The number of aryl methyl sites for hydroxylation is 1. The molecule has 0 saturated carbocycles. The molecule has 6 nitrogen and oxygen atoms in total. The van der Waals surface area contributed by atoms with Crippen molar-refractivity contribution in [1.82, 2.24) is 15.4 Å². The standard InChI is InChI=1S/C16H19ClFN3O3/c1-9-13(16(23)19-7-10(22)8-21(2)3)15(20-24-9)14-11(17)5-4-6-12(14)18/h4-6,10,22H,7-8H2,1-3H3,(H,19,23). The monoisotopic (exact) mass is 355 g/mol. The average molecular weight is 356 g/mol. The van der Waals surface area contributed by atoms with E-state index in [0.29, 0.717) is 6.54 Å². The van der Waals surface area contributed by atoms with Crippen molar-refractivity contribution in [3.8, 4) is 11.3 Å². The van der Waals surface area contributed by atoms with E-state index in [1.54, 1.807) is 11.8 Å². The van der Waals surface area contributed by atoms with E-state index in [0.717, 1.165) is 0 Å². The van der Waals surface area contributed by atoms with Gasteiger partial charge in [-0.15, -0.1) is 0 Å². The zero-order valence-corrected chi connectivity index (χ0v) is 14.4. The summed E-state index contributed by atoms with van der Waals surface area (Å²) in [5.74, 6) is -0.873. The lowest BCUT2D eigenvalue weighted by molar-refractivity contribution is 0.0891. The molecular weight excluding hydrogens is 337 g/mol. The Morgan fingerprint density at radius 2 is 2.21 bits per heavy atom. The highest BCUT2D eigenvalue weighted by Crippen LogP contribution is 2.33. The number of aliphatic hydroxyl groups is 1. The van der Waals surface area contributed by atoms with Crippen LogP contribution in [-0.2, 0) is 0 Å². The summed E-state index contributed by atoms with van der Waals surface area (Å²) in [5.41, 5.74) is 0.143. The number of aromatic nitrogens is 1. The van der Waals surface area contributed by atoms with Gasteiger partial charge in [0.05, 0.1) is 16.7 Å². The lowest BCUT2D eigenvalue weighted by Crippen LogP contribution is -2.37. The van der Waals surface area contributed by atoms with E-state index < -0.39 is 17.8 Å². The van der Waals surface area contributed by atoms with E-state index in [2.05, 4.69) is 10.5 Å². The van der Waals surface area contributed by atoms with Crippen molar-refractivity contribution < 1.29 is 18.8 Å². The van der Waals surface area contributed by atoms with Gasteiger partial charge in [0.25, 0.3) is 5.91 Å². The molecule has 0 aliphatic carbocycles. The van der Waals surface area contributed by atoms with Crippen LogP contribution >= 0.6 is 11.6 Å². The van der Waals surface area contributed by atoms with Crippen molar-refractivity contribution in [2.45, 2.75) is 13.0 Å². The molecule has 1 unspecified atom stereocenters. The molecule has 0 spiro atoms. The fourth-order valence-corrected chi connectivity index (χ4v) is 2.57. The van der Waals surface area contributed by atoms with Crippen LogP contribution in [0, 0.1) is 12.7 Å². The zero-order valence-electron chi connectivity index (χ0n) is 13.6. The fourth-order valence-electron chi connectivity index (χ4n) is 2.32. The summed E-state index contributed by atoms with van der Waals surface area (Å²) >= 11 is 6.04. The van der Waals surface area contributed by atoms with Crippen LogP contribution in [0.2, 0.25) is 5.02 Å². The Kier molecular flexibility index (Phi) is 5.93. The summed E-state index contributed by atoms with van der Waals surface area (Å²) in [6.45, 7) is 2.00. The van der Waals surface area contributed by atoms with Gasteiger partial charge >= 0.3 is 0 Å². The molecule has 8 heteroatoms. The molecule has 0 fully saturated rings. The maximum atomic E-state index is 14.1. The minimum Gasteiger partial charge on any atom is -0.390 e. The summed E-state index contributed by atoms with van der Waals surface area (Å²) in [6.07, 6.45) is -0.732. The van der Waals surface area contributed by atoms with Gasteiger partial charge in [0.15, 0.2) is 0 Å². The number of carbonyl (C=O) groups is 1. The van der Waals surface area contributed by atoms with E-state index in [1.165, 1.54) is 18.2 Å². The second-order valence-corrected chi connectivity index (χ2v) is 6.09. The molecule has 0 aliphatic rings. The molecule has 1 heterocycles. The van der Waals surface area contributed by atoms with Crippen molar-refractivity contribution in [2.75, 3.05) is 27.2 Å². The van der Waals surface area contributed by atoms with Crippen LogP contribution in [0.25, 0.3) is 11.3 Å². The van der Waals surface area contributed by atoms with E-state index >= 15 is 0 Å². The molecule has 1 atom stereocenters. The molecule has 1 aromatic carbocycles.